The molecule has 0 radical (unpaired) electrons. The van der Waals surface area contributed by atoms with Crippen molar-refractivity contribution in [3.63, 3.8) is 0 Å². The van der Waals surface area contributed by atoms with Gasteiger partial charge in [-0.2, -0.15) is 0 Å². The molecule has 132 valence electrons. The highest BCUT2D eigenvalue weighted by atomic mass is 19.2. The van der Waals surface area contributed by atoms with E-state index in [1.165, 1.54) is 12.1 Å². The molecule has 2 fully saturated rings. The van der Waals surface area contributed by atoms with Gasteiger partial charge in [0.25, 0.3) is 0 Å². The highest BCUT2D eigenvalue weighted by molar-refractivity contribution is 5.77. The summed E-state index contributed by atoms with van der Waals surface area (Å²) in [5.74, 6) is -1.49. The average molecular weight is 339 g/mol. The van der Waals surface area contributed by atoms with Gasteiger partial charge in [-0.1, -0.05) is 6.07 Å². The van der Waals surface area contributed by atoms with E-state index < -0.39 is 11.6 Å². The molecular formula is C18H23F2NO3. The fraction of sp³-hybridized carbons (Fsp3) is 0.611. The molecule has 0 saturated carbocycles. The fourth-order valence-corrected chi connectivity index (χ4v) is 3.37. The van der Waals surface area contributed by atoms with Crippen molar-refractivity contribution in [2.24, 2.45) is 0 Å². The van der Waals surface area contributed by atoms with Gasteiger partial charge in [0, 0.05) is 19.7 Å². The maximum Gasteiger partial charge on any atom is 0.248 e. The normalized spacial score (nSPS) is 22.1. The summed E-state index contributed by atoms with van der Waals surface area (Å²) in [6.07, 6.45) is 3.68. The third-order valence-electron chi connectivity index (χ3n) is 4.82. The van der Waals surface area contributed by atoms with E-state index in [0.29, 0.717) is 19.7 Å². The molecule has 2 aliphatic rings. The molecule has 0 N–H and O–H groups in total. The molecule has 1 aromatic carbocycles. The van der Waals surface area contributed by atoms with Crippen molar-refractivity contribution in [2.45, 2.75) is 37.7 Å². The Kier molecular flexibility index (Phi) is 5.79. The number of carbonyl (C=O) groups excluding carboxylic acids is 1. The number of likely N-dealkylation sites (tertiary alicyclic amines) is 1. The van der Waals surface area contributed by atoms with Gasteiger partial charge in [-0.3, -0.25) is 4.79 Å². The predicted molar refractivity (Wildman–Crippen MR) is 84.7 cm³/mol. The van der Waals surface area contributed by atoms with Crippen LogP contribution in [0.1, 0.15) is 37.2 Å². The SMILES string of the molecule is O=C(COCC1CCCO1)N1CCC(c2ccc(F)c(F)c2)CC1. The van der Waals surface area contributed by atoms with Gasteiger partial charge >= 0.3 is 0 Å². The van der Waals surface area contributed by atoms with Gasteiger partial charge < -0.3 is 14.4 Å². The van der Waals surface area contributed by atoms with Crippen molar-refractivity contribution in [3.8, 4) is 0 Å². The summed E-state index contributed by atoms with van der Waals surface area (Å²) >= 11 is 0. The lowest BCUT2D eigenvalue weighted by atomic mass is 9.89. The number of benzene rings is 1. The van der Waals surface area contributed by atoms with Gasteiger partial charge in [-0.15, -0.1) is 0 Å². The van der Waals surface area contributed by atoms with Crippen LogP contribution in [0.3, 0.4) is 0 Å². The Morgan fingerprint density at radius 3 is 2.67 bits per heavy atom. The first-order chi connectivity index (χ1) is 11.6. The molecule has 3 rings (SSSR count). The molecule has 0 spiro atoms. The Morgan fingerprint density at radius 2 is 2.00 bits per heavy atom. The zero-order chi connectivity index (χ0) is 16.9. The predicted octanol–water partition coefficient (Wildman–Crippen LogP) is 2.87. The van der Waals surface area contributed by atoms with Gasteiger partial charge in [-0.25, -0.2) is 8.78 Å². The van der Waals surface area contributed by atoms with Crippen LogP contribution in [0.2, 0.25) is 0 Å². The zero-order valence-electron chi connectivity index (χ0n) is 13.7. The minimum atomic E-state index is -0.824. The number of hydrogen-bond donors (Lipinski definition) is 0. The topological polar surface area (TPSA) is 38.8 Å². The number of hydrogen-bond acceptors (Lipinski definition) is 3. The maximum atomic E-state index is 13.3. The molecule has 2 heterocycles. The van der Waals surface area contributed by atoms with Gasteiger partial charge in [-0.05, 0) is 49.3 Å². The molecule has 1 atom stereocenters. The van der Waals surface area contributed by atoms with Crippen LogP contribution in [0.25, 0.3) is 0 Å². The smallest absolute Gasteiger partial charge is 0.248 e. The minimum absolute atomic E-state index is 0.0169. The summed E-state index contributed by atoms with van der Waals surface area (Å²) < 4.78 is 37.3. The second kappa shape index (κ2) is 8.03. The van der Waals surface area contributed by atoms with Crippen molar-refractivity contribution in [3.05, 3.63) is 35.4 Å². The van der Waals surface area contributed by atoms with Crippen molar-refractivity contribution in [1.29, 1.82) is 0 Å². The lowest BCUT2D eigenvalue weighted by molar-refractivity contribution is -0.138. The van der Waals surface area contributed by atoms with Crippen molar-refractivity contribution in [2.75, 3.05) is 32.9 Å². The molecule has 4 nitrogen and oxygen atoms in total. The number of ether oxygens (including phenoxy) is 2. The molecule has 1 aromatic rings. The van der Waals surface area contributed by atoms with E-state index in [2.05, 4.69) is 0 Å². The Bertz CT molecular complexity index is 567. The molecule has 1 unspecified atom stereocenters. The van der Waals surface area contributed by atoms with Crippen molar-refractivity contribution in [1.82, 2.24) is 4.90 Å². The summed E-state index contributed by atoms with van der Waals surface area (Å²) in [6.45, 7) is 2.56. The molecule has 0 bridgehead atoms. The van der Waals surface area contributed by atoms with Gasteiger partial charge in [0.2, 0.25) is 5.91 Å². The highest BCUT2D eigenvalue weighted by Gasteiger charge is 2.25. The quantitative estimate of drug-likeness (QED) is 0.828. The fourth-order valence-electron chi connectivity index (χ4n) is 3.37. The van der Waals surface area contributed by atoms with E-state index in [1.807, 2.05) is 0 Å². The first-order valence-electron chi connectivity index (χ1n) is 8.55. The zero-order valence-corrected chi connectivity index (χ0v) is 13.7. The standard InChI is InChI=1S/C18H23F2NO3/c19-16-4-3-14(10-17(16)20)13-5-7-21(8-6-13)18(22)12-23-11-15-2-1-9-24-15/h3-4,10,13,15H,1-2,5-9,11-12H2. The number of amides is 1. The number of halogens is 2. The van der Waals surface area contributed by atoms with Crippen molar-refractivity contribution < 1.29 is 23.0 Å². The molecule has 0 aliphatic carbocycles. The summed E-state index contributed by atoms with van der Waals surface area (Å²) in [5.41, 5.74) is 0.802. The van der Waals surface area contributed by atoms with Crippen LogP contribution in [0, 0.1) is 11.6 Å². The summed E-state index contributed by atoms with van der Waals surface area (Å²) in [6, 6.07) is 4.06. The Labute approximate surface area is 140 Å². The van der Waals surface area contributed by atoms with Gasteiger partial charge in [0.15, 0.2) is 11.6 Å². The van der Waals surface area contributed by atoms with Crippen LogP contribution in [-0.4, -0.2) is 49.8 Å². The van der Waals surface area contributed by atoms with Gasteiger partial charge in [0.1, 0.15) is 6.61 Å². The van der Waals surface area contributed by atoms with Crippen molar-refractivity contribution >= 4 is 5.91 Å². The van der Waals surface area contributed by atoms with Crippen LogP contribution in [0.4, 0.5) is 8.78 Å². The maximum absolute atomic E-state index is 13.3. The monoisotopic (exact) mass is 339 g/mol. The second-order valence-electron chi connectivity index (χ2n) is 6.48. The Morgan fingerprint density at radius 1 is 1.21 bits per heavy atom. The first kappa shape index (κ1) is 17.3. The van der Waals surface area contributed by atoms with Crippen LogP contribution < -0.4 is 0 Å². The number of rotatable bonds is 5. The van der Waals surface area contributed by atoms with E-state index in [9.17, 15) is 13.6 Å². The second-order valence-corrected chi connectivity index (χ2v) is 6.48. The van der Waals surface area contributed by atoms with Crippen LogP contribution in [0.5, 0.6) is 0 Å². The Hall–Kier alpha value is -1.53. The number of carbonyl (C=O) groups is 1. The lowest BCUT2D eigenvalue weighted by Crippen LogP contribution is -2.40. The van der Waals surface area contributed by atoms with Crippen LogP contribution >= 0.6 is 0 Å². The molecule has 2 saturated heterocycles. The lowest BCUT2D eigenvalue weighted by Gasteiger charge is -2.32. The summed E-state index contributed by atoms with van der Waals surface area (Å²) in [4.78, 5) is 13.9. The van der Waals surface area contributed by atoms with Crippen LogP contribution in [-0.2, 0) is 14.3 Å². The van der Waals surface area contributed by atoms with E-state index in [0.717, 1.165) is 37.9 Å². The molecule has 1 amide bonds. The largest absolute Gasteiger partial charge is 0.376 e. The molecule has 2 aliphatic heterocycles. The third-order valence-corrected chi connectivity index (χ3v) is 4.82. The van der Waals surface area contributed by atoms with Crippen LogP contribution in [0.15, 0.2) is 18.2 Å². The third kappa shape index (κ3) is 4.30. The van der Waals surface area contributed by atoms with E-state index in [1.54, 1.807) is 11.0 Å². The van der Waals surface area contributed by atoms with Gasteiger partial charge in [0.05, 0.1) is 12.7 Å². The summed E-state index contributed by atoms with van der Waals surface area (Å²) in [7, 11) is 0. The molecule has 0 aromatic heterocycles. The minimum Gasteiger partial charge on any atom is -0.376 e. The Balaban J connectivity index is 1.42. The number of nitrogens with zero attached hydrogens (tertiary/aromatic N) is 1. The number of piperidine rings is 1. The van der Waals surface area contributed by atoms with E-state index >= 15 is 0 Å². The van der Waals surface area contributed by atoms with E-state index in [-0.39, 0.29) is 24.5 Å². The highest BCUT2D eigenvalue weighted by Crippen LogP contribution is 2.29. The molecule has 6 heteroatoms. The molecular weight excluding hydrogens is 316 g/mol. The first-order valence-corrected chi connectivity index (χ1v) is 8.55. The van der Waals surface area contributed by atoms with E-state index in [4.69, 9.17) is 9.47 Å². The average Bonchev–Trinajstić information content (AvgIpc) is 3.11. The molecule has 24 heavy (non-hydrogen) atoms. The summed E-state index contributed by atoms with van der Waals surface area (Å²) in [5, 5.41) is 0.